The van der Waals surface area contributed by atoms with Crippen LogP contribution >= 0.6 is 0 Å². The summed E-state index contributed by atoms with van der Waals surface area (Å²) in [6.45, 7) is 1.92. The number of hydrogen-bond acceptors (Lipinski definition) is 6. The van der Waals surface area contributed by atoms with Crippen LogP contribution in [0.2, 0.25) is 0 Å². The van der Waals surface area contributed by atoms with E-state index in [1.165, 1.54) is 8.61 Å². The second kappa shape index (κ2) is 6.83. The molecule has 0 saturated heterocycles. The number of nitrogens with one attached hydrogen (secondary N) is 1. The molecule has 0 amide bonds. The van der Waals surface area contributed by atoms with Crippen LogP contribution in [0.1, 0.15) is 5.69 Å². The molecule has 3 heterocycles. The first-order chi connectivity index (χ1) is 11.5. The van der Waals surface area contributed by atoms with Gasteiger partial charge in [-0.1, -0.05) is 0 Å². The first-order valence-corrected chi connectivity index (χ1v) is 9.05. The molecule has 24 heavy (non-hydrogen) atoms. The summed E-state index contributed by atoms with van der Waals surface area (Å²) in [6, 6.07) is 3.60. The summed E-state index contributed by atoms with van der Waals surface area (Å²) in [7, 11) is -0.405. The standard InChI is InChI=1S/C14H21N7O2S/c1-19(2)24(22,23)20-9-12(8-17-14-15-5-3-6-16-14)10-21-13(11-20)4-7-18-21/h3-7,12H,8-11H2,1-2H3,(H,15,16,17). The lowest BCUT2D eigenvalue weighted by Crippen LogP contribution is -2.42. The maximum absolute atomic E-state index is 12.6. The lowest BCUT2D eigenvalue weighted by Gasteiger charge is -2.26. The molecule has 9 nitrogen and oxygen atoms in total. The highest BCUT2D eigenvalue weighted by Crippen LogP contribution is 2.20. The van der Waals surface area contributed by atoms with Crippen molar-refractivity contribution in [2.45, 2.75) is 13.1 Å². The van der Waals surface area contributed by atoms with Crippen molar-refractivity contribution in [3.05, 3.63) is 36.4 Å². The van der Waals surface area contributed by atoms with Crippen LogP contribution in [0.3, 0.4) is 0 Å². The monoisotopic (exact) mass is 351 g/mol. The van der Waals surface area contributed by atoms with Crippen LogP contribution in [-0.4, -0.2) is 64.0 Å². The van der Waals surface area contributed by atoms with Crippen LogP contribution in [0.15, 0.2) is 30.7 Å². The SMILES string of the molecule is CN(C)S(=O)(=O)N1Cc2ccnn2CC(CNc2ncccn2)C1. The molecule has 10 heteroatoms. The van der Waals surface area contributed by atoms with E-state index < -0.39 is 10.2 Å². The molecule has 2 aromatic rings. The van der Waals surface area contributed by atoms with Gasteiger partial charge in [0, 0.05) is 58.2 Å². The molecule has 0 aromatic carbocycles. The number of aromatic nitrogens is 4. The van der Waals surface area contributed by atoms with Crippen molar-refractivity contribution in [1.29, 1.82) is 0 Å². The molecule has 130 valence electrons. The Hall–Kier alpha value is -2.04. The molecule has 2 aromatic heterocycles. The van der Waals surface area contributed by atoms with Gasteiger partial charge in [0.2, 0.25) is 5.95 Å². The minimum absolute atomic E-state index is 0.0460. The van der Waals surface area contributed by atoms with Crippen LogP contribution in [-0.2, 0) is 23.3 Å². The van der Waals surface area contributed by atoms with E-state index >= 15 is 0 Å². The molecule has 3 rings (SSSR count). The largest absolute Gasteiger partial charge is 0.354 e. The van der Waals surface area contributed by atoms with Crippen LogP contribution in [0.4, 0.5) is 5.95 Å². The molecule has 1 aliphatic heterocycles. The zero-order chi connectivity index (χ0) is 17.2. The van der Waals surface area contributed by atoms with Crippen LogP contribution < -0.4 is 5.32 Å². The van der Waals surface area contributed by atoms with E-state index in [9.17, 15) is 8.42 Å². The average molecular weight is 351 g/mol. The van der Waals surface area contributed by atoms with Crippen molar-refractivity contribution in [3.8, 4) is 0 Å². The number of nitrogens with zero attached hydrogens (tertiary/aromatic N) is 6. The predicted octanol–water partition coefficient (Wildman–Crippen LogP) is 0.0234. The maximum Gasteiger partial charge on any atom is 0.281 e. The lowest BCUT2D eigenvalue weighted by atomic mass is 10.1. The third-order valence-electron chi connectivity index (χ3n) is 3.94. The summed E-state index contributed by atoms with van der Waals surface area (Å²) in [5, 5.41) is 7.47. The van der Waals surface area contributed by atoms with Crippen molar-refractivity contribution < 1.29 is 8.42 Å². The van der Waals surface area contributed by atoms with Gasteiger partial charge in [-0.15, -0.1) is 0 Å². The van der Waals surface area contributed by atoms with Crippen molar-refractivity contribution in [2.75, 3.05) is 32.5 Å². The number of fused-ring (bicyclic) bond motifs is 1. The van der Waals surface area contributed by atoms with E-state index in [2.05, 4.69) is 20.4 Å². The maximum atomic E-state index is 12.6. The lowest BCUT2D eigenvalue weighted by molar-refractivity contribution is 0.326. The number of hydrogen-bond donors (Lipinski definition) is 1. The fraction of sp³-hybridized carbons (Fsp3) is 0.500. The van der Waals surface area contributed by atoms with Gasteiger partial charge in [0.1, 0.15) is 0 Å². The van der Waals surface area contributed by atoms with Gasteiger partial charge < -0.3 is 5.32 Å². The van der Waals surface area contributed by atoms with E-state index in [1.807, 2.05) is 10.7 Å². The van der Waals surface area contributed by atoms with Crippen molar-refractivity contribution in [2.24, 2.45) is 5.92 Å². The minimum Gasteiger partial charge on any atom is -0.354 e. The van der Waals surface area contributed by atoms with Crippen molar-refractivity contribution >= 4 is 16.2 Å². The summed E-state index contributed by atoms with van der Waals surface area (Å²) < 4.78 is 29.7. The minimum atomic E-state index is -3.49. The van der Waals surface area contributed by atoms with Gasteiger partial charge in [0.05, 0.1) is 12.2 Å². The van der Waals surface area contributed by atoms with Gasteiger partial charge in [0.25, 0.3) is 10.2 Å². The second-order valence-electron chi connectivity index (χ2n) is 5.91. The van der Waals surface area contributed by atoms with Gasteiger partial charge in [0.15, 0.2) is 0 Å². The zero-order valence-corrected chi connectivity index (χ0v) is 14.5. The molecule has 0 aliphatic carbocycles. The number of rotatable bonds is 5. The first kappa shape index (κ1) is 16.8. The van der Waals surface area contributed by atoms with Gasteiger partial charge >= 0.3 is 0 Å². The predicted molar refractivity (Wildman–Crippen MR) is 89.3 cm³/mol. The third kappa shape index (κ3) is 3.55. The zero-order valence-electron chi connectivity index (χ0n) is 13.7. The molecule has 0 bridgehead atoms. The Morgan fingerprint density at radius 3 is 2.71 bits per heavy atom. The topological polar surface area (TPSA) is 96.2 Å². The van der Waals surface area contributed by atoms with Crippen LogP contribution in [0.25, 0.3) is 0 Å². The van der Waals surface area contributed by atoms with E-state index in [0.717, 1.165) is 5.69 Å². The summed E-state index contributed by atoms with van der Waals surface area (Å²) >= 11 is 0. The van der Waals surface area contributed by atoms with E-state index in [4.69, 9.17) is 0 Å². The highest BCUT2D eigenvalue weighted by atomic mass is 32.2. The van der Waals surface area contributed by atoms with E-state index in [0.29, 0.717) is 32.1 Å². The van der Waals surface area contributed by atoms with Crippen molar-refractivity contribution in [1.82, 2.24) is 28.4 Å². The molecule has 0 radical (unpaired) electrons. The molecule has 0 saturated carbocycles. The molecule has 1 aliphatic rings. The summed E-state index contributed by atoms with van der Waals surface area (Å²) in [6.07, 6.45) is 5.03. The summed E-state index contributed by atoms with van der Waals surface area (Å²) in [5.41, 5.74) is 0.888. The molecular formula is C14H21N7O2S. The molecule has 1 N–H and O–H groups in total. The summed E-state index contributed by atoms with van der Waals surface area (Å²) in [5.74, 6) is 0.578. The van der Waals surface area contributed by atoms with Crippen molar-refractivity contribution in [3.63, 3.8) is 0 Å². The van der Waals surface area contributed by atoms with Gasteiger partial charge in [-0.05, 0) is 12.1 Å². The highest BCUT2D eigenvalue weighted by Gasteiger charge is 2.31. The quantitative estimate of drug-likeness (QED) is 0.816. The fourth-order valence-electron chi connectivity index (χ4n) is 2.66. The molecule has 1 atom stereocenters. The molecule has 1 unspecified atom stereocenters. The summed E-state index contributed by atoms with van der Waals surface area (Å²) in [4.78, 5) is 8.26. The van der Waals surface area contributed by atoms with E-state index in [1.54, 1.807) is 38.8 Å². The normalized spacial score (nSPS) is 19.0. The van der Waals surface area contributed by atoms with Crippen LogP contribution in [0, 0.1) is 5.92 Å². The average Bonchev–Trinajstić information content (AvgIpc) is 2.91. The molecular weight excluding hydrogens is 330 g/mol. The Morgan fingerprint density at radius 1 is 1.25 bits per heavy atom. The molecule has 0 spiro atoms. The first-order valence-electron chi connectivity index (χ1n) is 7.66. The second-order valence-corrected chi connectivity index (χ2v) is 8.05. The third-order valence-corrected chi connectivity index (χ3v) is 5.79. The Labute approximate surface area is 141 Å². The molecule has 0 fully saturated rings. The van der Waals surface area contributed by atoms with Gasteiger partial charge in [-0.2, -0.15) is 22.1 Å². The smallest absolute Gasteiger partial charge is 0.281 e. The Bertz CT molecular complexity index is 775. The fourth-order valence-corrected chi connectivity index (χ4v) is 3.81. The number of anilines is 1. The van der Waals surface area contributed by atoms with Crippen LogP contribution in [0.5, 0.6) is 0 Å². The van der Waals surface area contributed by atoms with Gasteiger partial charge in [-0.3, -0.25) is 4.68 Å². The van der Waals surface area contributed by atoms with Gasteiger partial charge in [-0.25, -0.2) is 9.97 Å². The Balaban J connectivity index is 1.79. The van der Waals surface area contributed by atoms with E-state index in [-0.39, 0.29) is 5.92 Å². The highest BCUT2D eigenvalue weighted by molar-refractivity contribution is 7.86. The Morgan fingerprint density at radius 2 is 2.00 bits per heavy atom. The Kier molecular flexibility index (Phi) is 4.78.